The van der Waals surface area contributed by atoms with Crippen molar-refractivity contribution in [2.24, 2.45) is 0 Å². The predicted octanol–water partition coefficient (Wildman–Crippen LogP) is 3.56. The molecule has 1 aliphatic carbocycles. The molecule has 2 aromatic rings. The molecule has 6 heteroatoms. The molecule has 2 N–H and O–H groups in total. The quantitative estimate of drug-likeness (QED) is 0.875. The van der Waals surface area contributed by atoms with Gasteiger partial charge in [0.1, 0.15) is 5.82 Å². The number of fused-ring (bicyclic) bond motifs is 1. The van der Waals surface area contributed by atoms with Crippen LogP contribution in [0, 0.1) is 0 Å². The summed E-state index contributed by atoms with van der Waals surface area (Å²) in [5.74, 6) is 3.12. The molecule has 2 heterocycles. The van der Waals surface area contributed by atoms with Crippen molar-refractivity contribution in [3.8, 4) is 11.5 Å². The van der Waals surface area contributed by atoms with Crippen LogP contribution < -0.4 is 20.1 Å². The molecule has 126 valence electrons. The summed E-state index contributed by atoms with van der Waals surface area (Å²) in [4.78, 5) is 8.87. The minimum atomic E-state index is 0.296. The van der Waals surface area contributed by atoms with Crippen molar-refractivity contribution in [1.29, 1.82) is 0 Å². The van der Waals surface area contributed by atoms with Gasteiger partial charge in [-0.05, 0) is 36.6 Å². The zero-order chi connectivity index (χ0) is 16.2. The van der Waals surface area contributed by atoms with Gasteiger partial charge < -0.3 is 20.1 Å². The van der Waals surface area contributed by atoms with Gasteiger partial charge in [-0.15, -0.1) is 0 Å². The molecule has 1 aliphatic heterocycles. The summed E-state index contributed by atoms with van der Waals surface area (Å²) in [6.45, 7) is 0.938. The Kier molecular flexibility index (Phi) is 4.36. The second-order valence-electron chi connectivity index (χ2n) is 6.29. The first-order chi connectivity index (χ1) is 11.9. The molecular formula is C18H22N4O2. The van der Waals surface area contributed by atoms with Crippen molar-refractivity contribution in [3.05, 3.63) is 36.0 Å². The van der Waals surface area contributed by atoms with E-state index in [4.69, 9.17) is 9.47 Å². The van der Waals surface area contributed by atoms with E-state index in [0.29, 0.717) is 25.3 Å². The first-order valence-electron chi connectivity index (χ1n) is 8.59. The van der Waals surface area contributed by atoms with Gasteiger partial charge in [0.25, 0.3) is 0 Å². The highest BCUT2D eigenvalue weighted by Gasteiger charge is 2.14. The molecule has 1 saturated carbocycles. The third kappa shape index (κ3) is 3.53. The number of hydrogen-bond acceptors (Lipinski definition) is 6. The lowest BCUT2D eigenvalue weighted by Gasteiger charge is -2.23. The van der Waals surface area contributed by atoms with Crippen molar-refractivity contribution in [2.75, 3.05) is 17.4 Å². The summed E-state index contributed by atoms with van der Waals surface area (Å²) in [7, 11) is 0. The highest BCUT2D eigenvalue weighted by Crippen LogP contribution is 2.32. The van der Waals surface area contributed by atoms with Crippen molar-refractivity contribution in [2.45, 2.75) is 44.7 Å². The lowest BCUT2D eigenvalue weighted by atomic mass is 9.95. The number of anilines is 2. The van der Waals surface area contributed by atoms with E-state index in [2.05, 4.69) is 20.6 Å². The molecule has 0 unspecified atom stereocenters. The van der Waals surface area contributed by atoms with Crippen molar-refractivity contribution in [3.63, 3.8) is 0 Å². The van der Waals surface area contributed by atoms with Crippen LogP contribution in [-0.4, -0.2) is 22.8 Å². The maximum absolute atomic E-state index is 5.40. The van der Waals surface area contributed by atoms with E-state index in [1.807, 2.05) is 24.3 Å². The average molecular weight is 326 g/mol. The normalized spacial score (nSPS) is 16.8. The highest BCUT2D eigenvalue weighted by atomic mass is 16.7. The van der Waals surface area contributed by atoms with Crippen LogP contribution in [0.4, 0.5) is 11.8 Å². The summed E-state index contributed by atoms with van der Waals surface area (Å²) >= 11 is 0. The van der Waals surface area contributed by atoms with Crippen molar-refractivity contribution in [1.82, 2.24) is 9.97 Å². The summed E-state index contributed by atoms with van der Waals surface area (Å²) in [6, 6.07) is 8.40. The predicted molar refractivity (Wildman–Crippen MR) is 92.4 cm³/mol. The van der Waals surface area contributed by atoms with E-state index >= 15 is 0 Å². The Balaban J connectivity index is 1.37. The molecule has 1 aromatic carbocycles. The Labute approximate surface area is 141 Å². The first kappa shape index (κ1) is 15.1. The van der Waals surface area contributed by atoms with Crippen LogP contribution in [0.1, 0.15) is 37.7 Å². The zero-order valence-electron chi connectivity index (χ0n) is 13.6. The van der Waals surface area contributed by atoms with Crippen molar-refractivity contribution < 1.29 is 9.47 Å². The average Bonchev–Trinajstić information content (AvgIpc) is 3.09. The smallest absolute Gasteiger partial charge is 0.231 e. The van der Waals surface area contributed by atoms with E-state index in [-0.39, 0.29) is 0 Å². The standard InChI is InChI=1S/C18H22N4O2/c1-2-4-14(5-3-1)21-17-8-9-19-18(22-17)20-11-13-6-7-15-16(10-13)24-12-23-15/h6-10,14H,1-5,11-12H2,(H2,19,20,21,22). The van der Waals surface area contributed by atoms with Crippen LogP contribution in [-0.2, 0) is 6.54 Å². The Bertz CT molecular complexity index is 701. The van der Waals surface area contributed by atoms with Gasteiger partial charge in [0.05, 0.1) is 0 Å². The van der Waals surface area contributed by atoms with E-state index in [1.54, 1.807) is 6.20 Å². The molecular weight excluding hydrogens is 304 g/mol. The minimum Gasteiger partial charge on any atom is -0.454 e. The number of aromatic nitrogens is 2. The third-order valence-electron chi connectivity index (χ3n) is 4.50. The van der Waals surface area contributed by atoms with Crippen LogP contribution in [0.2, 0.25) is 0 Å². The third-order valence-corrected chi connectivity index (χ3v) is 4.50. The summed E-state index contributed by atoms with van der Waals surface area (Å²) in [5, 5.41) is 6.80. The number of benzene rings is 1. The summed E-state index contributed by atoms with van der Waals surface area (Å²) < 4.78 is 10.7. The molecule has 0 amide bonds. The number of nitrogens with zero attached hydrogens (tertiary/aromatic N) is 2. The Hall–Kier alpha value is -2.50. The van der Waals surface area contributed by atoms with E-state index in [1.165, 1.54) is 32.1 Å². The number of ether oxygens (including phenoxy) is 2. The van der Waals surface area contributed by atoms with E-state index in [9.17, 15) is 0 Å². The molecule has 0 spiro atoms. The molecule has 1 fully saturated rings. The zero-order valence-corrected chi connectivity index (χ0v) is 13.6. The SMILES string of the molecule is c1cc(NC2CCCCC2)nc(NCc2ccc3c(c2)OCO3)n1. The van der Waals surface area contributed by atoms with Gasteiger partial charge in [-0.2, -0.15) is 4.98 Å². The Morgan fingerprint density at radius 3 is 2.83 bits per heavy atom. The topological polar surface area (TPSA) is 68.3 Å². The van der Waals surface area contributed by atoms with Crippen molar-refractivity contribution >= 4 is 11.8 Å². The van der Waals surface area contributed by atoms with Gasteiger partial charge in [-0.1, -0.05) is 25.3 Å². The van der Waals surface area contributed by atoms with Crippen LogP contribution >= 0.6 is 0 Å². The van der Waals surface area contributed by atoms with Gasteiger partial charge in [0, 0.05) is 18.8 Å². The fourth-order valence-electron chi connectivity index (χ4n) is 3.21. The van der Waals surface area contributed by atoms with Crippen LogP contribution in [0.15, 0.2) is 30.5 Å². The minimum absolute atomic E-state index is 0.296. The van der Waals surface area contributed by atoms with E-state index < -0.39 is 0 Å². The van der Waals surface area contributed by atoms with E-state index in [0.717, 1.165) is 22.9 Å². The molecule has 6 nitrogen and oxygen atoms in total. The second kappa shape index (κ2) is 6.95. The maximum Gasteiger partial charge on any atom is 0.231 e. The summed E-state index contributed by atoms with van der Waals surface area (Å²) in [5.41, 5.74) is 1.11. The van der Waals surface area contributed by atoms with Gasteiger partial charge >= 0.3 is 0 Å². The molecule has 0 radical (unpaired) electrons. The van der Waals surface area contributed by atoms with Gasteiger partial charge in [0.2, 0.25) is 12.7 Å². The molecule has 0 bridgehead atoms. The maximum atomic E-state index is 5.40. The second-order valence-corrected chi connectivity index (χ2v) is 6.29. The largest absolute Gasteiger partial charge is 0.454 e. The lowest BCUT2D eigenvalue weighted by Crippen LogP contribution is -2.23. The number of hydrogen-bond donors (Lipinski definition) is 2. The number of rotatable bonds is 5. The molecule has 1 aromatic heterocycles. The molecule has 0 saturated heterocycles. The molecule has 4 rings (SSSR count). The number of nitrogens with one attached hydrogen (secondary N) is 2. The highest BCUT2D eigenvalue weighted by molar-refractivity contribution is 5.46. The molecule has 0 atom stereocenters. The van der Waals surface area contributed by atoms with Crippen LogP contribution in [0.5, 0.6) is 11.5 Å². The Morgan fingerprint density at radius 2 is 1.92 bits per heavy atom. The summed E-state index contributed by atoms with van der Waals surface area (Å²) in [6.07, 6.45) is 8.20. The Morgan fingerprint density at radius 1 is 1.04 bits per heavy atom. The fourth-order valence-corrected chi connectivity index (χ4v) is 3.21. The molecule has 24 heavy (non-hydrogen) atoms. The molecule has 2 aliphatic rings. The van der Waals surface area contributed by atoms with Gasteiger partial charge in [-0.3, -0.25) is 0 Å². The van der Waals surface area contributed by atoms with Crippen LogP contribution in [0.3, 0.4) is 0 Å². The van der Waals surface area contributed by atoms with Gasteiger partial charge in [0.15, 0.2) is 11.5 Å². The first-order valence-corrected chi connectivity index (χ1v) is 8.59. The van der Waals surface area contributed by atoms with Gasteiger partial charge in [-0.25, -0.2) is 4.98 Å². The fraction of sp³-hybridized carbons (Fsp3) is 0.444. The lowest BCUT2D eigenvalue weighted by molar-refractivity contribution is 0.174. The monoisotopic (exact) mass is 326 g/mol. The van der Waals surface area contributed by atoms with Crippen LogP contribution in [0.25, 0.3) is 0 Å².